The number of nitriles is 1. The predicted octanol–water partition coefficient (Wildman–Crippen LogP) is 0.219. The molecule has 0 atom stereocenters. The fourth-order valence-corrected chi connectivity index (χ4v) is 3.83. The lowest BCUT2D eigenvalue weighted by atomic mass is 10.2. The van der Waals surface area contributed by atoms with Gasteiger partial charge in [-0.3, -0.25) is 0 Å². The molecule has 0 spiro atoms. The number of nitrogens with zero attached hydrogens (tertiary/aromatic N) is 5. The highest BCUT2D eigenvalue weighted by Gasteiger charge is 2.26. The highest BCUT2D eigenvalue weighted by Crippen LogP contribution is 2.18. The van der Waals surface area contributed by atoms with E-state index in [-0.39, 0.29) is 10.7 Å². The maximum Gasteiger partial charge on any atom is 0.252 e. The number of aromatic nitrogens is 3. The molecule has 8 nitrogen and oxygen atoms in total. The highest BCUT2D eigenvalue weighted by molar-refractivity contribution is 7.89. The third-order valence-electron chi connectivity index (χ3n) is 3.49. The molecule has 0 amide bonds. The van der Waals surface area contributed by atoms with Crippen molar-refractivity contribution in [1.29, 1.82) is 5.26 Å². The molecule has 1 aromatic heterocycles. The topological polar surface area (TPSA) is 101 Å². The van der Waals surface area contributed by atoms with Crippen molar-refractivity contribution in [2.24, 2.45) is 0 Å². The Labute approximate surface area is 134 Å². The molecule has 3 rings (SSSR count). The monoisotopic (exact) mass is 333 g/mol. The minimum atomic E-state index is -3.52. The number of ether oxygens (including phenoxy) is 1. The Morgan fingerprint density at radius 1 is 1.30 bits per heavy atom. The third-order valence-corrected chi connectivity index (χ3v) is 5.38. The first-order valence-corrected chi connectivity index (χ1v) is 8.50. The summed E-state index contributed by atoms with van der Waals surface area (Å²) < 4.78 is 33.4. The molecule has 0 aliphatic carbocycles. The van der Waals surface area contributed by atoms with Gasteiger partial charge in [-0.25, -0.2) is 18.1 Å². The molecular weight excluding hydrogens is 318 g/mol. The summed E-state index contributed by atoms with van der Waals surface area (Å²) in [6.45, 7) is 1.90. The zero-order valence-corrected chi connectivity index (χ0v) is 13.1. The van der Waals surface area contributed by atoms with E-state index in [1.807, 2.05) is 12.1 Å². The van der Waals surface area contributed by atoms with Crippen LogP contribution in [0, 0.1) is 11.3 Å². The van der Waals surface area contributed by atoms with E-state index in [0.717, 1.165) is 5.56 Å². The molecule has 0 bridgehead atoms. The van der Waals surface area contributed by atoms with Crippen LogP contribution in [0.3, 0.4) is 0 Å². The Hall–Kier alpha value is -2.28. The smallest absolute Gasteiger partial charge is 0.252 e. The summed E-state index contributed by atoms with van der Waals surface area (Å²) in [6.07, 6.45) is 1.45. The number of morpholine rings is 1. The van der Waals surface area contributed by atoms with Gasteiger partial charge in [-0.15, -0.1) is 5.10 Å². The first kappa shape index (κ1) is 15.6. The molecule has 0 saturated carbocycles. The molecule has 120 valence electrons. The van der Waals surface area contributed by atoms with E-state index in [1.54, 1.807) is 18.2 Å². The first-order chi connectivity index (χ1) is 11.1. The maximum atomic E-state index is 12.6. The van der Waals surface area contributed by atoms with Crippen molar-refractivity contribution in [2.75, 3.05) is 26.3 Å². The van der Waals surface area contributed by atoms with E-state index >= 15 is 0 Å². The van der Waals surface area contributed by atoms with E-state index in [1.165, 1.54) is 15.3 Å². The van der Waals surface area contributed by atoms with Crippen LogP contribution < -0.4 is 0 Å². The van der Waals surface area contributed by atoms with Crippen molar-refractivity contribution in [1.82, 2.24) is 19.1 Å². The third kappa shape index (κ3) is 3.39. The molecule has 1 saturated heterocycles. The summed E-state index contributed by atoms with van der Waals surface area (Å²) in [5.74, 6) is 0.0853. The van der Waals surface area contributed by atoms with Crippen molar-refractivity contribution in [3.05, 3.63) is 42.0 Å². The first-order valence-electron chi connectivity index (χ1n) is 7.06. The summed E-state index contributed by atoms with van der Waals surface area (Å²) in [6, 6.07) is 8.57. The second kappa shape index (κ2) is 6.45. The van der Waals surface area contributed by atoms with Crippen LogP contribution >= 0.6 is 0 Å². The number of rotatable bonds is 4. The van der Waals surface area contributed by atoms with Crippen molar-refractivity contribution >= 4 is 10.0 Å². The fourth-order valence-electron chi connectivity index (χ4n) is 2.35. The van der Waals surface area contributed by atoms with Crippen LogP contribution in [0.15, 0.2) is 35.5 Å². The van der Waals surface area contributed by atoms with E-state index in [0.29, 0.717) is 32.8 Å². The Bertz CT molecular complexity index is 834. The lowest BCUT2D eigenvalue weighted by Gasteiger charge is -2.26. The summed E-state index contributed by atoms with van der Waals surface area (Å²) in [5, 5.41) is 12.7. The van der Waals surface area contributed by atoms with Crippen molar-refractivity contribution < 1.29 is 13.2 Å². The standard InChI is InChI=1S/C14H15N5O3S/c15-9-14-16-11-18(17-14)10-12-2-1-3-13(8-12)23(20,21)19-4-6-22-7-5-19/h1-3,8,11H,4-7,10H2. The molecule has 0 radical (unpaired) electrons. The van der Waals surface area contributed by atoms with Gasteiger partial charge in [0.2, 0.25) is 10.0 Å². The molecule has 2 heterocycles. The van der Waals surface area contributed by atoms with Gasteiger partial charge in [0.05, 0.1) is 24.7 Å². The van der Waals surface area contributed by atoms with Gasteiger partial charge in [-0.1, -0.05) is 12.1 Å². The van der Waals surface area contributed by atoms with Gasteiger partial charge in [0.1, 0.15) is 12.4 Å². The van der Waals surface area contributed by atoms with Crippen molar-refractivity contribution in [2.45, 2.75) is 11.4 Å². The van der Waals surface area contributed by atoms with Crippen LogP contribution in [0.4, 0.5) is 0 Å². The Morgan fingerprint density at radius 2 is 2.09 bits per heavy atom. The van der Waals surface area contributed by atoms with Crippen LogP contribution in [0.25, 0.3) is 0 Å². The van der Waals surface area contributed by atoms with Crippen LogP contribution in [0.5, 0.6) is 0 Å². The Balaban J connectivity index is 1.83. The van der Waals surface area contributed by atoms with E-state index in [9.17, 15) is 8.42 Å². The number of benzene rings is 1. The van der Waals surface area contributed by atoms with Crippen LogP contribution in [0.2, 0.25) is 0 Å². The molecule has 2 aromatic rings. The average molecular weight is 333 g/mol. The van der Waals surface area contributed by atoms with Gasteiger partial charge < -0.3 is 4.74 Å². The zero-order chi connectivity index (χ0) is 16.3. The van der Waals surface area contributed by atoms with Crippen molar-refractivity contribution in [3.63, 3.8) is 0 Å². The maximum absolute atomic E-state index is 12.6. The molecule has 0 unspecified atom stereocenters. The Kier molecular flexibility index (Phi) is 4.38. The SMILES string of the molecule is N#Cc1ncn(Cc2cccc(S(=O)(=O)N3CCOCC3)c2)n1. The fraction of sp³-hybridized carbons (Fsp3) is 0.357. The van der Waals surface area contributed by atoms with Crippen LogP contribution in [-0.2, 0) is 21.3 Å². The van der Waals surface area contributed by atoms with Gasteiger partial charge in [-0.2, -0.15) is 9.57 Å². The van der Waals surface area contributed by atoms with Crippen LogP contribution in [-0.4, -0.2) is 53.8 Å². The summed E-state index contributed by atoms with van der Waals surface area (Å²) in [7, 11) is -3.52. The van der Waals surface area contributed by atoms with Gasteiger partial charge >= 0.3 is 0 Å². The van der Waals surface area contributed by atoms with Gasteiger partial charge in [-0.05, 0) is 17.7 Å². The molecule has 1 aromatic carbocycles. The molecule has 1 aliphatic heterocycles. The molecule has 1 fully saturated rings. The molecule has 9 heteroatoms. The minimum absolute atomic E-state index is 0.0853. The van der Waals surface area contributed by atoms with E-state index < -0.39 is 10.0 Å². The summed E-state index contributed by atoms with van der Waals surface area (Å²) >= 11 is 0. The molecular formula is C14H15N5O3S. The number of hydrogen-bond acceptors (Lipinski definition) is 6. The summed E-state index contributed by atoms with van der Waals surface area (Å²) in [5.41, 5.74) is 0.772. The molecule has 1 aliphatic rings. The van der Waals surface area contributed by atoms with Crippen molar-refractivity contribution in [3.8, 4) is 6.07 Å². The van der Waals surface area contributed by atoms with E-state index in [2.05, 4.69) is 10.1 Å². The van der Waals surface area contributed by atoms with Gasteiger partial charge in [0, 0.05) is 13.1 Å². The van der Waals surface area contributed by atoms with E-state index in [4.69, 9.17) is 10.00 Å². The lowest BCUT2D eigenvalue weighted by molar-refractivity contribution is 0.0730. The second-order valence-corrected chi connectivity index (χ2v) is 6.98. The predicted molar refractivity (Wildman–Crippen MR) is 79.9 cm³/mol. The second-order valence-electron chi connectivity index (χ2n) is 5.04. The quantitative estimate of drug-likeness (QED) is 0.793. The van der Waals surface area contributed by atoms with Gasteiger partial charge in [0.15, 0.2) is 0 Å². The summed E-state index contributed by atoms with van der Waals surface area (Å²) in [4.78, 5) is 4.07. The number of sulfonamides is 1. The Morgan fingerprint density at radius 3 is 2.78 bits per heavy atom. The largest absolute Gasteiger partial charge is 0.379 e. The van der Waals surface area contributed by atoms with Gasteiger partial charge in [0.25, 0.3) is 5.82 Å². The molecule has 0 N–H and O–H groups in total. The molecule has 23 heavy (non-hydrogen) atoms. The zero-order valence-electron chi connectivity index (χ0n) is 12.3. The number of hydrogen-bond donors (Lipinski definition) is 0. The average Bonchev–Trinajstić information content (AvgIpc) is 3.03. The minimum Gasteiger partial charge on any atom is -0.379 e. The van der Waals surface area contributed by atoms with Crippen LogP contribution in [0.1, 0.15) is 11.4 Å². The lowest BCUT2D eigenvalue weighted by Crippen LogP contribution is -2.40. The normalized spacial score (nSPS) is 16.1. The highest BCUT2D eigenvalue weighted by atomic mass is 32.2.